The number of carbonyl (C=O) groups excluding carboxylic acids is 1. The molecule has 0 saturated carbocycles. The molecular formula is C38H35Cl2N3O5S. The Hall–Kier alpha value is -4.57. The van der Waals surface area contributed by atoms with Crippen molar-refractivity contribution in [2.75, 3.05) is 27.3 Å². The smallest absolute Gasteiger partial charge is 0.271 e. The van der Waals surface area contributed by atoms with Gasteiger partial charge in [0.2, 0.25) is 0 Å². The number of likely N-dealkylation sites (N-methyl/N-ethyl adjacent to an activating group) is 1. The first-order valence-corrected chi connectivity index (χ1v) is 17.4. The van der Waals surface area contributed by atoms with Crippen molar-refractivity contribution in [1.82, 2.24) is 9.47 Å². The van der Waals surface area contributed by atoms with Crippen LogP contribution >= 0.6 is 34.5 Å². The molecule has 49 heavy (non-hydrogen) atoms. The van der Waals surface area contributed by atoms with Crippen molar-refractivity contribution in [3.05, 3.63) is 130 Å². The van der Waals surface area contributed by atoms with Gasteiger partial charge in [0.15, 0.2) is 16.3 Å². The van der Waals surface area contributed by atoms with E-state index in [-0.39, 0.29) is 18.1 Å². The van der Waals surface area contributed by atoms with Crippen LogP contribution in [0.5, 0.6) is 17.2 Å². The zero-order valence-corrected chi connectivity index (χ0v) is 30.1. The van der Waals surface area contributed by atoms with Crippen molar-refractivity contribution in [2.24, 2.45) is 4.99 Å². The van der Waals surface area contributed by atoms with Gasteiger partial charge in [-0.3, -0.25) is 14.2 Å². The number of rotatable bonds is 10. The van der Waals surface area contributed by atoms with Crippen LogP contribution in [0.4, 0.5) is 0 Å². The van der Waals surface area contributed by atoms with Gasteiger partial charge in [0.1, 0.15) is 18.4 Å². The average Bonchev–Trinajstić information content (AvgIpc) is 3.41. The van der Waals surface area contributed by atoms with Gasteiger partial charge in [0.05, 0.1) is 40.1 Å². The fourth-order valence-corrected chi connectivity index (χ4v) is 7.49. The predicted octanol–water partition coefficient (Wildman–Crippen LogP) is 7.16. The SMILES string of the molecule is CCN(CC)C(=O)C1=C(C)N=c2s/c(=C/c3ccc(OCc4ccc(Cl)c(Cl)c4)c(OC)c3)c(=O)n2[C@@H]1c1c(OC)ccc2ccccc12. The number of halogens is 2. The van der Waals surface area contributed by atoms with Crippen LogP contribution in [0.25, 0.3) is 16.8 Å². The molecule has 5 aromatic rings. The molecule has 0 saturated heterocycles. The summed E-state index contributed by atoms with van der Waals surface area (Å²) >= 11 is 13.5. The number of nitrogens with zero attached hydrogens (tertiary/aromatic N) is 3. The lowest BCUT2D eigenvalue weighted by molar-refractivity contribution is -0.127. The highest BCUT2D eigenvalue weighted by Crippen LogP contribution is 2.40. The van der Waals surface area contributed by atoms with E-state index < -0.39 is 6.04 Å². The quantitative estimate of drug-likeness (QED) is 0.153. The number of hydrogen-bond donors (Lipinski definition) is 0. The van der Waals surface area contributed by atoms with E-state index in [2.05, 4.69) is 0 Å². The van der Waals surface area contributed by atoms with E-state index in [1.54, 1.807) is 48.0 Å². The molecule has 1 aliphatic heterocycles. The van der Waals surface area contributed by atoms with E-state index in [9.17, 15) is 9.59 Å². The number of benzene rings is 4. The fourth-order valence-electron chi connectivity index (χ4n) is 6.12. The van der Waals surface area contributed by atoms with Gasteiger partial charge in [-0.15, -0.1) is 0 Å². The summed E-state index contributed by atoms with van der Waals surface area (Å²) in [6.45, 7) is 7.02. The minimum atomic E-state index is -0.765. The molecule has 0 spiro atoms. The van der Waals surface area contributed by atoms with E-state index >= 15 is 0 Å². The van der Waals surface area contributed by atoms with Crippen molar-refractivity contribution in [3.8, 4) is 17.2 Å². The number of fused-ring (bicyclic) bond motifs is 2. The number of methoxy groups -OCH3 is 2. The standard InChI is InChI=1S/C38H35Cl2N3O5S/c1-6-42(7-2)37(45)33-22(3)41-38-43(35(33)34-26-11-9-8-10-25(26)14-17-30(34)46-4)36(44)32(49-38)20-23-13-16-29(31(19-23)47-5)48-21-24-12-15-27(39)28(40)18-24/h8-20,35H,6-7,21H2,1-5H3/b32-20+/t35-/m0/s1. The first-order chi connectivity index (χ1) is 23.7. The molecule has 0 fully saturated rings. The van der Waals surface area contributed by atoms with Crippen LogP contribution in [0.1, 0.15) is 43.5 Å². The highest BCUT2D eigenvalue weighted by Gasteiger charge is 2.36. The van der Waals surface area contributed by atoms with Crippen LogP contribution in [0.2, 0.25) is 10.0 Å². The molecule has 6 rings (SSSR count). The summed E-state index contributed by atoms with van der Waals surface area (Å²) in [5.41, 5.74) is 3.08. The number of aromatic nitrogens is 1. The molecule has 2 heterocycles. The monoisotopic (exact) mass is 715 g/mol. The molecular weight excluding hydrogens is 681 g/mol. The maximum atomic E-state index is 14.5. The second kappa shape index (κ2) is 14.5. The third kappa shape index (κ3) is 6.58. The van der Waals surface area contributed by atoms with Crippen LogP contribution in [0, 0.1) is 0 Å². The molecule has 11 heteroatoms. The van der Waals surface area contributed by atoms with Crippen LogP contribution in [-0.2, 0) is 11.4 Å². The topological polar surface area (TPSA) is 82.4 Å². The van der Waals surface area contributed by atoms with Crippen LogP contribution in [0.3, 0.4) is 0 Å². The maximum absolute atomic E-state index is 14.5. The van der Waals surface area contributed by atoms with Crippen LogP contribution < -0.4 is 29.1 Å². The number of ether oxygens (including phenoxy) is 3. The van der Waals surface area contributed by atoms with Gasteiger partial charge in [-0.2, -0.15) is 0 Å². The third-order valence-corrected chi connectivity index (χ3v) is 10.3. The number of allylic oxidation sites excluding steroid dienone is 1. The fraction of sp³-hybridized carbons (Fsp3) is 0.237. The van der Waals surface area contributed by atoms with Crippen LogP contribution in [0.15, 0.2) is 93.9 Å². The van der Waals surface area contributed by atoms with Crippen molar-refractivity contribution >= 4 is 57.3 Å². The number of thiazole rings is 1. The van der Waals surface area contributed by atoms with E-state index in [1.165, 1.54) is 11.3 Å². The normalized spacial score (nSPS) is 14.4. The zero-order valence-electron chi connectivity index (χ0n) is 27.8. The predicted molar refractivity (Wildman–Crippen MR) is 196 cm³/mol. The molecule has 0 unspecified atom stereocenters. The number of carbonyl (C=O) groups is 1. The van der Waals surface area contributed by atoms with Crippen molar-refractivity contribution < 1.29 is 19.0 Å². The lowest BCUT2D eigenvalue weighted by Crippen LogP contribution is -2.43. The summed E-state index contributed by atoms with van der Waals surface area (Å²) in [6, 6.07) is 21.8. The van der Waals surface area contributed by atoms with Gasteiger partial charge in [-0.1, -0.05) is 77.0 Å². The Morgan fingerprint density at radius 2 is 1.67 bits per heavy atom. The summed E-state index contributed by atoms with van der Waals surface area (Å²) in [6.07, 6.45) is 1.80. The molecule has 1 aliphatic rings. The number of hydrogen-bond acceptors (Lipinski definition) is 7. The summed E-state index contributed by atoms with van der Waals surface area (Å²) in [4.78, 5) is 35.8. The second-order valence-corrected chi connectivity index (χ2v) is 13.2. The first-order valence-electron chi connectivity index (χ1n) is 15.8. The highest BCUT2D eigenvalue weighted by atomic mass is 35.5. The molecule has 1 atom stereocenters. The van der Waals surface area contributed by atoms with Gasteiger partial charge >= 0.3 is 0 Å². The highest BCUT2D eigenvalue weighted by molar-refractivity contribution is 7.07. The van der Waals surface area contributed by atoms with Gasteiger partial charge in [-0.25, -0.2) is 4.99 Å². The molecule has 252 valence electrons. The Balaban J connectivity index is 1.47. The Bertz CT molecular complexity index is 2290. The van der Waals surface area contributed by atoms with Crippen LogP contribution in [-0.4, -0.2) is 42.7 Å². The molecule has 1 aromatic heterocycles. The Kier molecular flexibility index (Phi) is 10.2. The molecule has 0 N–H and O–H groups in total. The minimum Gasteiger partial charge on any atom is -0.496 e. The summed E-state index contributed by atoms with van der Waals surface area (Å²) in [5.74, 6) is 1.45. The molecule has 0 bridgehead atoms. The second-order valence-electron chi connectivity index (χ2n) is 11.4. The van der Waals surface area contributed by atoms with Crippen molar-refractivity contribution in [3.63, 3.8) is 0 Å². The summed E-state index contributed by atoms with van der Waals surface area (Å²) in [7, 11) is 3.17. The van der Waals surface area contributed by atoms with E-state index in [1.807, 2.05) is 75.4 Å². The lowest BCUT2D eigenvalue weighted by Gasteiger charge is -2.30. The van der Waals surface area contributed by atoms with Gasteiger partial charge < -0.3 is 19.1 Å². The van der Waals surface area contributed by atoms with E-state index in [0.29, 0.717) is 61.0 Å². The van der Waals surface area contributed by atoms with Gasteiger partial charge in [0.25, 0.3) is 11.5 Å². The average molecular weight is 717 g/mol. The minimum absolute atomic E-state index is 0.165. The largest absolute Gasteiger partial charge is 0.496 e. The maximum Gasteiger partial charge on any atom is 0.271 e. The molecule has 8 nitrogen and oxygen atoms in total. The van der Waals surface area contributed by atoms with Gasteiger partial charge in [0, 0.05) is 18.7 Å². The Morgan fingerprint density at radius 3 is 2.39 bits per heavy atom. The summed E-state index contributed by atoms with van der Waals surface area (Å²) in [5, 5.41) is 2.79. The Labute approximate surface area is 298 Å². The lowest BCUT2D eigenvalue weighted by atomic mass is 9.90. The van der Waals surface area contributed by atoms with E-state index in [4.69, 9.17) is 42.4 Å². The molecule has 0 radical (unpaired) electrons. The molecule has 0 aliphatic carbocycles. The van der Waals surface area contributed by atoms with Crippen molar-refractivity contribution in [1.29, 1.82) is 0 Å². The Morgan fingerprint density at radius 1 is 0.939 bits per heavy atom. The first kappa shape index (κ1) is 34.3. The summed E-state index contributed by atoms with van der Waals surface area (Å²) < 4.78 is 19.7. The van der Waals surface area contributed by atoms with Crippen molar-refractivity contribution in [2.45, 2.75) is 33.4 Å². The molecule has 1 amide bonds. The molecule has 4 aromatic carbocycles. The van der Waals surface area contributed by atoms with E-state index in [0.717, 1.165) is 27.5 Å². The van der Waals surface area contributed by atoms with Gasteiger partial charge in [-0.05, 0) is 79.1 Å². The third-order valence-electron chi connectivity index (χ3n) is 8.59. The zero-order chi connectivity index (χ0) is 34.8. The number of amides is 1.